The SMILES string of the molecule is C#CCC(O)c1ncc(Cl)s1. The van der Waals surface area contributed by atoms with E-state index in [1.54, 1.807) is 0 Å². The second kappa shape index (κ2) is 3.72. The number of nitrogens with zero attached hydrogens (tertiary/aromatic N) is 1. The first-order valence-electron chi connectivity index (χ1n) is 2.97. The molecule has 11 heavy (non-hydrogen) atoms. The summed E-state index contributed by atoms with van der Waals surface area (Å²) in [6, 6.07) is 0. The minimum atomic E-state index is -0.669. The first-order chi connectivity index (χ1) is 5.24. The predicted octanol–water partition coefficient (Wildman–Crippen LogP) is 1.85. The third-order valence-corrected chi connectivity index (χ3v) is 2.31. The summed E-state index contributed by atoms with van der Waals surface area (Å²) in [7, 11) is 0. The average molecular weight is 188 g/mol. The van der Waals surface area contributed by atoms with Crippen LogP contribution < -0.4 is 0 Å². The van der Waals surface area contributed by atoms with Gasteiger partial charge in [-0.15, -0.1) is 23.7 Å². The van der Waals surface area contributed by atoms with E-state index in [1.165, 1.54) is 17.5 Å². The predicted molar refractivity (Wildman–Crippen MR) is 45.5 cm³/mol. The van der Waals surface area contributed by atoms with E-state index in [9.17, 15) is 5.11 Å². The fourth-order valence-corrected chi connectivity index (χ4v) is 1.54. The van der Waals surface area contributed by atoms with Crippen LogP contribution in [0.2, 0.25) is 4.34 Å². The summed E-state index contributed by atoms with van der Waals surface area (Å²) >= 11 is 6.84. The van der Waals surface area contributed by atoms with Crippen molar-refractivity contribution >= 4 is 22.9 Å². The molecule has 1 N–H and O–H groups in total. The Bertz CT molecular complexity index is 278. The maximum atomic E-state index is 9.28. The number of hydrogen-bond acceptors (Lipinski definition) is 3. The molecular formula is C7H6ClNOS. The lowest BCUT2D eigenvalue weighted by Crippen LogP contribution is -1.93. The van der Waals surface area contributed by atoms with Gasteiger partial charge < -0.3 is 5.11 Å². The van der Waals surface area contributed by atoms with E-state index in [1.807, 2.05) is 0 Å². The van der Waals surface area contributed by atoms with Gasteiger partial charge in [-0.3, -0.25) is 0 Å². The molecule has 0 aromatic carbocycles. The Labute approximate surface area is 73.8 Å². The number of halogens is 1. The molecule has 0 amide bonds. The van der Waals surface area contributed by atoms with Gasteiger partial charge in [0.05, 0.1) is 6.20 Å². The Hall–Kier alpha value is -0.560. The van der Waals surface area contributed by atoms with E-state index in [-0.39, 0.29) is 6.42 Å². The Morgan fingerprint density at radius 3 is 3.09 bits per heavy atom. The average Bonchev–Trinajstić information content (AvgIpc) is 2.36. The number of rotatable bonds is 2. The molecule has 1 heterocycles. The second-order valence-electron chi connectivity index (χ2n) is 1.93. The van der Waals surface area contributed by atoms with Crippen LogP contribution in [0.3, 0.4) is 0 Å². The fourth-order valence-electron chi connectivity index (χ4n) is 0.620. The Balaban J connectivity index is 2.70. The van der Waals surface area contributed by atoms with Crippen molar-refractivity contribution in [3.8, 4) is 12.3 Å². The monoisotopic (exact) mass is 187 g/mol. The molecule has 1 rings (SSSR count). The van der Waals surface area contributed by atoms with Gasteiger partial charge in [0.1, 0.15) is 15.4 Å². The van der Waals surface area contributed by atoms with Crippen LogP contribution >= 0.6 is 22.9 Å². The van der Waals surface area contributed by atoms with Crippen molar-refractivity contribution in [2.75, 3.05) is 0 Å². The Morgan fingerprint density at radius 2 is 2.64 bits per heavy atom. The van der Waals surface area contributed by atoms with Gasteiger partial charge in [-0.2, -0.15) is 0 Å². The summed E-state index contributed by atoms with van der Waals surface area (Å²) in [4.78, 5) is 3.88. The number of thiazole rings is 1. The van der Waals surface area contributed by atoms with Crippen molar-refractivity contribution in [2.45, 2.75) is 12.5 Å². The lowest BCUT2D eigenvalue weighted by molar-refractivity contribution is 0.183. The lowest BCUT2D eigenvalue weighted by atomic mass is 10.3. The van der Waals surface area contributed by atoms with Crippen LogP contribution in [-0.2, 0) is 0 Å². The van der Waals surface area contributed by atoms with Gasteiger partial charge >= 0.3 is 0 Å². The molecule has 1 atom stereocenters. The third-order valence-electron chi connectivity index (χ3n) is 1.09. The number of aromatic nitrogens is 1. The van der Waals surface area contributed by atoms with Gasteiger partial charge in [-0.25, -0.2) is 4.98 Å². The molecule has 0 aliphatic rings. The van der Waals surface area contributed by atoms with Crippen molar-refractivity contribution in [3.05, 3.63) is 15.5 Å². The van der Waals surface area contributed by atoms with Crippen molar-refractivity contribution < 1.29 is 5.11 Å². The van der Waals surface area contributed by atoms with Crippen LogP contribution in [0.5, 0.6) is 0 Å². The minimum absolute atomic E-state index is 0.282. The van der Waals surface area contributed by atoms with Gasteiger partial charge in [0, 0.05) is 6.42 Å². The maximum absolute atomic E-state index is 9.28. The smallest absolute Gasteiger partial charge is 0.124 e. The number of aliphatic hydroxyl groups is 1. The zero-order valence-corrected chi connectivity index (χ0v) is 7.19. The van der Waals surface area contributed by atoms with Crippen LogP contribution in [0, 0.1) is 12.3 Å². The van der Waals surface area contributed by atoms with Crippen molar-refractivity contribution in [2.24, 2.45) is 0 Å². The molecule has 0 aliphatic heterocycles. The summed E-state index contributed by atoms with van der Waals surface area (Å²) in [6.07, 6.45) is 6.12. The molecule has 0 spiro atoms. The first-order valence-corrected chi connectivity index (χ1v) is 4.16. The molecule has 4 heteroatoms. The standard InChI is InChI=1S/C7H6ClNOS/c1-2-3-5(10)7-9-4-6(8)11-7/h1,4-5,10H,3H2. The molecular weight excluding hydrogens is 182 g/mol. The van der Waals surface area contributed by atoms with Gasteiger partial charge in [-0.1, -0.05) is 11.6 Å². The summed E-state index contributed by atoms with van der Waals surface area (Å²) < 4.78 is 0.566. The van der Waals surface area contributed by atoms with Crippen molar-refractivity contribution in [1.29, 1.82) is 0 Å². The lowest BCUT2D eigenvalue weighted by Gasteiger charge is -1.99. The van der Waals surface area contributed by atoms with Gasteiger partial charge in [0.25, 0.3) is 0 Å². The highest BCUT2D eigenvalue weighted by molar-refractivity contribution is 7.15. The van der Waals surface area contributed by atoms with Crippen LogP contribution in [-0.4, -0.2) is 10.1 Å². The molecule has 1 aromatic rings. The quantitative estimate of drug-likeness (QED) is 0.717. The van der Waals surface area contributed by atoms with Crippen LogP contribution in [0.15, 0.2) is 6.20 Å². The number of terminal acetylenes is 1. The van der Waals surface area contributed by atoms with E-state index in [2.05, 4.69) is 10.9 Å². The molecule has 0 bridgehead atoms. The van der Waals surface area contributed by atoms with E-state index < -0.39 is 6.10 Å². The molecule has 0 saturated heterocycles. The highest BCUT2D eigenvalue weighted by atomic mass is 35.5. The topological polar surface area (TPSA) is 33.1 Å². The van der Waals surface area contributed by atoms with Gasteiger partial charge in [0.2, 0.25) is 0 Å². The zero-order valence-electron chi connectivity index (χ0n) is 5.62. The largest absolute Gasteiger partial charge is 0.385 e. The third kappa shape index (κ3) is 2.19. The van der Waals surface area contributed by atoms with Crippen LogP contribution in [0.4, 0.5) is 0 Å². The van der Waals surface area contributed by atoms with Crippen LogP contribution in [0.25, 0.3) is 0 Å². The number of hydrogen-bond donors (Lipinski definition) is 1. The van der Waals surface area contributed by atoms with Gasteiger partial charge in [-0.05, 0) is 0 Å². The van der Waals surface area contributed by atoms with Crippen molar-refractivity contribution in [1.82, 2.24) is 4.98 Å². The molecule has 0 radical (unpaired) electrons. The Morgan fingerprint density at radius 1 is 1.91 bits per heavy atom. The van der Waals surface area contributed by atoms with Crippen molar-refractivity contribution in [3.63, 3.8) is 0 Å². The molecule has 1 aromatic heterocycles. The number of aliphatic hydroxyl groups excluding tert-OH is 1. The molecule has 2 nitrogen and oxygen atoms in total. The molecule has 58 valence electrons. The van der Waals surface area contributed by atoms with E-state index in [0.29, 0.717) is 9.34 Å². The van der Waals surface area contributed by atoms with E-state index in [4.69, 9.17) is 18.0 Å². The highest BCUT2D eigenvalue weighted by Gasteiger charge is 2.09. The maximum Gasteiger partial charge on any atom is 0.124 e. The molecule has 0 aliphatic carbocycles. The summed E-state index contributed by atoms with van der Waals surface area (Å²) in [5, 5.41) is 9.86. The second-order valence-corrected chi connectivity index (χ2v) is 3.62. The summed E-state index contributed by atoms with van der Waals surface area (Å²) in [5.74, 6) is 2.35. The fraction of sp³-hybridized carbons (Fsp3) is 0.286. The summed E-state index contributed by atoms with van der Waals surface area (Å²) in [6.45, 7) is 0. The zero-order chi connectivity index (χ0) is 8.27. The normalized spacial score (nSPS) is 12.5. The molecule has 0 saturated carbocycles. The van der Waals surface area contributed by atoms with Crippen LogP contribution in [0.1, 0.15) is 17.5 Å². The molecule has 1 unspecified atom stereocenters. The minimum Gasteiger partial charge on any atom is -0.385 e. The Kier molecular flexibility index (Phi) is 2.89. The molecule has 0 fully saturated rings. The van der Waals surface area contributed by atoms with E-state index in [0.717, 1.165) is 0 Å². The first kappa shape index (κ1) is 8.54. The summed E-state index contributed by atoms with van der Waals surface area (Å²) in [5.41, 5.74) is 0. The van der Waals surface area contributed by atoms with Gasteiger partial charge in [0.15, 0.2) is 0 Å². The highest BCUT2D eigenvalue weighted by Crippen LogP contribution is 2.25. The van der Waals surface area contributed by atoms with E-state index >= 15 is 0 Å².